The highest BCUT2D eigenvalue weighted by atomic mass is 15.0. The number of aromatic nitrogens is 3. The molecule has 0 atom stereocenters. The van der Waals surface area contributed by atoms with Gasteiger partial charge in [0.05, 0.1) is 33.8 Å². The largest absolute Gasteiger partial charge is 0.309 e. The van der Waals surface area contributed by atoms with Gasteiger partial charge in [0.15, 0.2) is 0 Å². The van der Waals surface area contributed by atoms with Crippen molar-refractivity contribution in [1.82, 2.24) is 14.5 Å². The highest BCUT2D eigenvalue weighted by Gasteiger charge is 2.17. The van der Waals surface area contributed by atoms with Crippen LogP contribution in [0.2, 0.25) is 0 Å². The van der Waals surface area contributed by atoms with Gasteiger partial charge in [-0.15, -0.1) is 0 Å². The van der Waals surface area contributed by atoms with E-state index in [0.29, 0.717) is 0 Å². The molecule has 0 aliphatic heterocycles. The second kappa shape index (κ2) is 17.2. The lowest BCUT2D eigenvalue weighted by molar-refractivity contribution is 1.18. The van der Waals surface area contributed by atoms with Crippen molar-refractivity contribution in [2.75, 3.05) is 0 Å². The minimum atomic E-state index is 0.929. The fraction of sp³-hybridized carbons (Fsp3) is 0. The summed E-state index contributed by atoms with van der Waals surface area (Å²) in [4.78, 5) is 10.5. The first kappa shape index (κ1) is 39.7. The number of benzene rings is 9. The summed E-state index contributed by atoms with van der Waals surface area (Å²) in [6.45, 7) is 0. The van der Waals surface area contributed by atoms with Crippen molar-refractivity contribution in [3.05, 3.63) is 261 Å². The second-order valence-electron chi connectivity index (χ2n) is 17.0. The molecule has 0 aliphatic rings. The van der Waals surface area contributed by atoms with Gasteiger partial charge < -0.3 is 4.57 Å². The minimum absolute atomic E-state index is 0.929. The molecule has 0 aliphatic carbocycles. The molecule has 67 heavy (non-hydrogen) atoms. The van der Waals surface area contributed by atoms with Crippen molar-refractivity contribution >= 4 is 21.8 Å². The highest BCUT2D eigenvalue weighted by Crippen LogP contribution is 2.40. The number of hydrogen-bond acceptors (Lipinski definition) is 2. The molecule has 0 saturated heterocycles. The van der Waals surface area contributed by atoms with Gasteiger partial charge in [-0.1, -0.05) is 194 Å². The van der Waals surface area contributed by atoms with Crippen molar-refractivity contribution in [3.8, 4) is 95.2 Å². The topological polar surface area (TPSA) is 30.7 Å². The van der Waals surface area contributed by atoms with Gasteiger partial charge in [-0.2, -0.15) is 0 Å². The molecule has 0 fully saturated rings. The Labute approximate surface area is 390 Å². The summed E-state index contributed by atoms with van der Waals surface area (Å²) in [5.41, 5.74) is 20.5. The van der Waals surface area contributed by atoms with Crippen LogP contribution < -0.4 is 0 Å². The summed E-state index contributed by atoms with van der Waals surface area (Å²) >= 11 is 0. The van der Waals surface area contributed by atoms with Crippen LogP contribution >= 0.6 is 0 Å². The number of pyridine rings is 2. The first-order valence-electron chi connectivity index (χ1n) is 22.8. The van der Waals surface area contributed by atoms with Crippen LogP contribution in [0.15, 0.2) is 261 Å². The van der Waals surface area contributed by atoms with Crippen LogP contribution in [0.3, 0.4) is 0 Å². The van der Waals surface area contributed by atoms with Crippen LogP contribution in [-0.4, -0.2) is 14.5 Å². The van der Waals surface area contributed by atoms with Crippen molar-refractivity contribution in [3.63, 3.8) is 0 Å². The van der Waals surface area contributed by atoms with E-state index in [1.165, 1.54) is 27.4 Å². The highest BCUT2D eigenvalue weighted by molar-refractivity contribution is 6.10. The number of hydrogen-bond donors (Lipinski definition) is 0. The van der Waals surface area contributed by atoms with E-state index in [0.717, 1.165) is 89.7 Å². The van der Waals surface area contributed by atoms with E-state index in [9.17, 15) is 0 Å². The van der Waals surface area contributed by atoms with Crippen molar-refractivity contribution in [1.29, 1.82) is 0 Å². The molecule has 3 aromatic heterocycles. The Morgan fingerprint density at radius 1 is 0.209 bits per heavy atom. The number of para-hydroxylation sites is 2. The molecule has 3 nitrogen and oxygen atoms in total. The summed E-state index contributed by atoms with van der Waals surface area (Å²) in [5, 5.41) is 2.49. The Hall–Kier alpha value is -8.92. The smallest absolute Gasteiger partial charge is 0.0715 e. The van der Waals surface area contributed by atoms with E-state index < -0.39 is 0 Å². The first-order chi connectivity index (χ1) is 33.2. The molecule has 0 radical (unpaired) electrons. The van der Waals surface area contributed by atoms with Crippen molar-refractivity contribution < 1.29 is 0 Å². The Balaban J connectivity index is 1.03. The molecular weight excluding hydrogens is 811 g/mol. The Morgan fingerprint density at radius 3 is 0.985 bits per heavy atom. The summed E-state index contributed by atoms with van der Waals surface area (Å²) in [7, 11) is 0. The number of nitrogens with zero attached hydrogens (tertiary/aromatic N) is 3. The van der Waals surface area contributed by atoms with E-state index in [-0.39, 0.29) is 0 Å². The summed E-state index contributed by atoms with van der Waals surface area (Å²) < 4.78 is 2.38. The zero-order valence-corrected chi connectivity index (χ0v) is 36.7. The fourth-order valence-electron chi connectivity index (χ4n) is 9.41. The van der Waals surface area contributed by atoms with Gasteiger partial charge in [0.1, 0.15) is 0 Å². The molecule has 3 heteroatoms. The fourth-order valence-corrected chi connectivity index (χ4v) is 9.41. The molecule has 0 N–H and O–H groups in total. The quantitative estimate of drug-likeness (QED) is 0.145. The summed E-state index contributed by atoms with van der Waals surface area (Å²) in [6.07, 6.45) is 0. The lowest BCUT2D eigenvalue weighted by Crippen LogP contribution is -1.94. The molecule has 3 heterocycles. The third-order valence-corrected chi connectivity index (χ3v) is 12.8. The Kier molecular flexibility index (Phi) is 10.2. The SMILES string of the molecule is c1ccc(-c2cc(-c3cc(-c4ccc(-c5ccc6c7ccccc7n(-c7ccccc7)c6c5)cc4)cc(-c4cc(-c5ccccc5)nc(-c5ccccc5)c4)c3)cc(-c3ccccc3)n2)cc1. The van der Waals surface area contributed by atoms with E-state index in [2.05, 4.69) is 265 Å². The first-order valence-corrected chi connectivity index (χ1v) is 22.8. The maximum absolute atomic E-state index is 5.23. The van der Waals surface area contributed by atoms with Gasteiger partial charge in [0, 0.05) is 38.7 Å². The van der Waals surface area contributed by atoms with Gasteiger partial charge in [0.2, 0.25) is 0 Å². The maximum atomic E-state index is 5.23. The Morgan fingerprint density at radius 2 is 0.537 bits per heavy atom. The molecule has 9 aromatic carbocycles. The standard InChI is InChI=1S/C64H43N3/c1-6-18-46(19-7-1)59-39-54(40-60(65-59)47-20-8-2-9-21-47)52-36-51(37-53(38-52)55-41-61(48-22-10-3-11-23-48)66-62(42-55)49-24-12-4-13-25-49)45-32-30-44(31-33-45)50-34-35-58-57-28-16-17-29-63(57)67(64(58)43-50)56-26-14-5-15-27-56/h1-43H. The lowest BCUT2D eigenvalue weighted by atomic mass is 9.91. The second-order valence-corrected chi connectivity index (χ2v) is 17.0. The van der Waals surface area contributed by atoms with Crippen LogP contribution in [0.4, 0.5) is 0 Å². The normalized spacial score (nSPS) is 11.3. The molecule has 0 unspecified atom stereocenters. The average molecular weight is 854 g/mol. The predicted molar refractivity (Wildman–Crippen MR) is 280 cm³/mol. The molecule has 314 valence electrons. The molecule has 0 bridgehead atoms. The summed E-state index contributed by atoms with van der Waals surface area (Å²) in [6, 6.07) is 93.1. The average Bonchev–Trinajstić information content (AvgIpc) is 3.75. The Bertz CT molecular complexity index is 3430. The molecule has 12 rings (SSSR count). The van der Waals surface area contributed by atoms with Crippen LogP contribution in [0, 0.1) is 0 Å². The maximum Gasteiger partial charge on any atom is 0.0715 e. The lowest BCUT2D eigenvalue weighted by Gasteiger charge is -2.15. The number of rotatable bonds is 9. The molecule has 0 saturated carbocycles. The monoisotopic (exact) mass is 853 g/mol. The molecule has 12 aromatic rings. The van der Waals surface area contributed by atoms with Crippen LogP contribution in [-0.2, 0) is 0 Å². The van der Waals surface area contributed by atoms with Gasteiger partial charge in [-0.3, -0.25) is 0 Å². The van der Waals surface area contributed by atoms with Gasteiger partial charge >= 0.3 is 0 Å². The van der Waals surface area contributed by atoms with Crippen LogP contribution in [0.25, 0.3) is 117 Å². The van der Waals surface area contributed by atoms with Gasteiger partial charge in [-0.25, -0.2) is 9.97 Å². The van der Waals surface area contributed by atoms with Crippen LogP contribution in [0.5, 0.6) is 0 Å². The van der Waals surface area contributed by atoms with E-state index in [1.54, 1.807) is 0 Å². The zero-order valence-electron chi connectivity index (χ0n) is 36.7. The summed E-state index contributed by atoms with van der Waals surface area (Å²) in [5.74, 6) is 0. The third-order valence-electron chi connectivity index (χ3n) is 12.8. The third kappa shape index (κ3) is 7.79. The van der Waals surface area contributed by atoms with E-state index in [1.807, 2.05) is 0 Å². The molecule has 0 spiro atoms. The number of fused-ring (bicyclic) bond motifs is 3. The van der Waals surface area contributed by atoms with Crippen LogP contribution in [0.1, 0.15) is 0 Å². The van der Waals surface area contributed by atoms with Crippen molar-refractivity contribution in [2.24, 2.45) is 0 Å². The zero-order chi connectivity index (χ0) is 44.5. The van der Waals surface area contributed by atoms with E-state index in [4.69, 9.17) is 9.97 Å². The van der Waals surface area contributed by atoms with Gasteiger partial charge in [0.25, 0.3) is 0 Å². The van der Waals surface area contributed by atoms with Crippen molar-refractivity contribution in [2.45, 2.75) is 0 Å². The molecular formula is C64H43N3. The van der Waals surface area contributed by atoms with Gasteiger partial charge in [-0.05, 0) is 111 Å². The van der Waals surface area contributed by atoms with E-state index >= 15 is 0 Å². The molecule has 0 amide bonds. The minimum Gasteiger partial charge on any atom is -0.309 e. The predicted octanol–water partition coefficient (Wildman–Crippen LogP) is 16.9.